The molecule has 1 heterocycles. The third-order valence-corrected chi connectivity index (χ3v) is 4.15. The van der Waals surface area contributed by atoms with Gasteiger partial charge in [0.2, 0.25) is 0 Å². The average Bonchev–Trinajstić information content (AvgIpc) is 2.95. The molecule has 0 atom stereocenters. The van der Waals surface area contributed by atoms with Crippen LogP contribution < -0.4 is 14.8 Å². The number of hydrogen-bond acceptors (Lipinski definition) is 5. The van der Waals surface area contributed by atoms with Gasteiger partial charge in [-0.15, -0.1) is 0 Å². The van der Waals surface area contributed by atoms with Gasteiger partial charge < -0.3 is 19.5 Å². The van der Waals surface area contributed by atoms with E-state index in [2.05, 4.69) is 5.32 Å². The Bertz CT molecular complexity index is 875. The van der Waals surface area contributed by atoms with Gasteiger partial charge >= 0.3 is 5.97 Å². The summed E-state index contributed by atoms with van der Waals surface area (Å²) in [7, 11) is 0. The maximum absolute atomic E-state index is 11.9. The molecule has 1 N–H and O–H groups in total. The lowest BCUT2D eigenvalue weighted by Gasteiger charge is -2.07. The molecular formula is C22H23NO5. The number of amides is 1. The van der Waals surface area contributed by atoms with Gasteiger partial charge in [0.05, 0.1) is 13.2 Å². The SMILES string of the molecule is CCc1cccc(NC(=O)COC(=O)/C=C/c2ccc3c(c2)OCCCO3)c1. The van der Waals surface area contributed by atoms with Crippen LogP contribution in [-0.2, 0) is 20.7 Å². The Hall–Kier alpha value is -3.28. The summed E-state index contributed by atoms with van der Waals surface area (Å²) in [5.74, 6) is 0.373. The number of esters is 1. The largest absolute Gasteiger partial charge is 0.490 e. The smallest absolute Gasteiger partial charge is 0.331 e. The van der Waals surface area contributed by atoms with Crippen LogP contribution in [0.5, 0.6) is 11.5 Å². The molecule has 0 bridgehead atoms. The van der Waals surface area contributed by atoms with Crippen LogP contribution in [0.1, 0.15) is 24.5 Å². The van der Waals surface area contributed by atoms with E-state index in [9.17, 15) is 9.59 Å². The fourth-order valence-corrected chi connectivity index (χ4v) is 2.70. The molecule has 2 aromatic rings. The van der Waals surface area contributed by atoms with Gasteiger partial charge in [-0.25, -0.2) is 4.79 Å². The van der Waals surface area contributed by atoms with E-state index < -0.39 is 5.97 Å². The first-order valence-electron chi connectivity index (χ1n) is 9.27. The lowest BCUT2D eigenvalue weighted by molar-refractivity contribution is -0.142. The summed E-state index contributed by atoms with van der Waals surface area (Å²) >= 11 is 0. The van der Waals surface area contributed by atoms with Crippen molar-refractivity contribution in [2.24, 2.45) is 0 Å². The van der Waals surface area contributed by atoms with Gasteiger partial charge in [-0.1, -0.05) is 25.1 Å². The summed E-state index contributed by atoms with van der Waals surface area (Å²) in [5.41, 5.74) is 2.58. The van der Waals surface area contributed by atoms with E-state index in [0.717, 1.165) is 24.0 Å². The van der Waals surface area contributed by atoms with Crippen LogP contribution in [-0.4, -0.2) is 31.7 Å². The number of carbonyl (C=O) groups excluding carboxylic acids is 2. The molecule has 1 aliphatic rings. The molecule has 0 aromatic heterocycles. The summed E-state index contributed by atoms with van der Waals surface area (Å²) in [6, 6.07) is 13.0. The highest BCUT2D eigenvalue weighted by Crippen LogP contribution is 2.30. The van der Waals surface area contributed by atoms with Gasteiger partial charge in [0.1, 0.15) is 0 Å². The van der Waals surface area contributed by atoms with Crippen molar-refractivity contribution >= 4 is 23.6 Å². The van der Waals surface area contributed by atoms with Crippen LogP contribution in [0.3, 0.4) is 0 Å². The maximum Gasteiger partial charge on any atom is 0.331 e. The highest BCUT2D eigenvalue weighted by atomic mass is 16.5. The first-order valence-corrected chi connectivity index (χ1v) is 9.27. The fraction of sp³-hybridized carbons (Fsp3) is 0.273. The summed E-state index contributed by atoms with van der Waals surface area (Å²) in [6.07, 6.45) is 4.60. The Kier molecular flexibility index (Phi) is 6.68. The van der Waals surface area contributed by atoms with Crippen LogP contribution in [0.15, 0.2) is 48.5 Å². The molecule has 6 heteroatoms. The summed E-state index contributed by atoms with van der Waals surface area (Å²) < 4.78 is 16.2. The summed E-state index contributed by atoms with van der Waals surface area (Å²) in [5, 5.41) is 2.72. The predicted octanol–water partition coefficient (Wildman–Crippen LogP) is 3.61. The Labute approximate surface area is 164 Å². The van der Waals surface area contributed by atoms with E-state index >= 15 is 0 Å². The quantitative estimate of drug-likeness (QED) is 0.611. The van der Waals surface area contributed by atoms with Crippen LogP contribution >= 0.6 is 0 Å². The standard InChI is InChI=1S/C22H23NO5/c1-2-16-5-3-6-18(13-16)23-21(24)15-28-22(25)10-8-17-7-9-19-20(14-17)27-12-4-11-26-19/h3,5-10,13-14H,2,4,11-12,15H2,1H3,(H,23,24)/b10-8+. The first kappa shape index (κ1) is 19.5. The van der Waals surface area contributed by atoms with Gasteiger partial charge in [-0.05, 0) is 47.9 Å². The number of nitrogens with one attached hydrogen (secondary N) is 1. The van der Waals surface area contributed by atoms with Gasteiger partial charge in [-0.3, -0.25) is 4.79 Å². The van der Waals surface area contributed by atoms with Crippen LogP contribution in [0.4, 0.5) is 5.69 Å². The van der Waals surface area contributed by atoms with Crippen LogP contribution in [0.2, 0.25) is 0 Å². The number of rotatable bonds is 6. The Morgan fingerprint density at radius 2 is 1.93 bits per heavy atom. The van der Waals surface area contributed by atoms with E-state index in [0.29, 0.717) is 30.4 Å². The van der Waals surface area contributed by atoms with Gasteiger partial charge in [-0.2, -0.15) is 0 Å². The topological polar surface area (TPSA) is 73.9 Å². The number of aryl methyl sites for hydroxylation is 1. The Morgan fingerprint density at radius 1 is 1.11 bits per heavy atom. The number of ether oxygens (including phenoxy) is 3. The average molecular weight is 381 g/mol. The van der Waals surface area contributed by atoms with E-state index in [-0.39, 0.29) is 12.5 Å². The molecule has 0 spiro atoms. The van der Waals surface area contributed by atoms with E-state index in [1.165, 1.54) is 6.08 Å². The second kappa shape index (κ2) is 9.60. The molecule has 3 rings (SSSR count). The molecule has 0 fully saturated rings. The van der Waals surface area contributed by atoms with Crippen molar-refractivity contribution in [2.45, 2.75) is 19.8 Å². The molecule has 2 aromatic carbocycles. The van der Waals surface area contributed by atoms with Gasteiger partial charge in [0, 0.05) is 18.2 Å². The van der Waals surface area contributed by atoms with Crippen molar-refractivity contribution in [3.05, 3.63) is 59.7 Å². The van der Waals surface area contributed by atoms with E-state index in [1.807, 2.05) is 37.3 Å². The number of hydrogen-bond donors (Lipinski definition) is 1. The minimum absolute atomic E-state index is 0.347. The molecule has 28 heavy (non-hydrogen) atoms. The van der Waals surface area contributed by atoms with Crippen LogP contribution in [0, 0.1) is 0 Å². The second-order valence-corrected chi connectivity index (χ2v) is 6.30. The molecule has 0 unspecified atom stereocenters. The molecule has 146 valence electrons. The number of carbonyl (C=O) groups is 2. The monoisotopic (exact) mass is 381 g/mol. The minimum Gasteiger partial charge on any atom is -0.490 e. The number of benzene rings is 2. The number of anilines is 1. The predicted molar refractivity (Wildman–Crippen MR) is 106 cm³/mol. The van der Waals surface area contributed by atoms with Gasteiger partial charge in [0.25, 0.3) is 5.91 Å². The van der Waals surface area contributed by atoms with Crippen molar-refractivity contribution in [1.82, 2.24) is 0 Å². The zero-order chi connectivity index (χ0) is 19.8. The second-order valence-electron chi connectivity index (χ2n) is 6.30. The van der Waals surface area contributed by atoms with Crippen molar-refractivity contribution in [3.8, 4) is 11.5 Å². The normalized spacial score (nSPS) is 13.0. The number of fused-ring (bicyclic) bond motifs is 1. The van der Waals surface area contributed by atoms with Crippen molar-refractivity contribution in [2.75, 3.05) is 25.1 Å². The summed E-state index contributed by atoms with van der Waals surface area (Å²) in [4.78, 5) is 23.8. The first-order chi connectivity index (χ1) is 13.6. The molecule has 6 nitrogen and oxygen atoms in total. The molecule has 0 aliphatic carbocycles. The van der Waals surface area contributed by atoms with Crippen molar-refractivity contribution in [1.29, 1.82) is 0 Å². The van der Waals surface area contributed by atoms with E-state index in [4.69, 9.17) is 14.2 Å². The summed E-state index contributed by atoms with van der Waals surface area (Å²) in [6.45, 7) is 2.91. The zero-order valence-electron chi connectivity index (χ0n) is 15.8. The van der Waals surface area contributed by atoms with E-state index in [1.54, 1.807) is 18.2 Å². The molecule has 0 saturated heterocycles. The molecule has 1 aliphatic heterocycles. The fourth-order valence-electron chi connectivity index (χ4n) is 2.70. The molecule has 0 saturated carbocycles. The molecule has 1 amide bonds. The maximum atomic E-state index is 11.9. The highest BCUT2D eigenvalue weighted by molar-refractivity contribution is 5.94. The van der Waals surface area contributed by atoms with Gasteiger partial charge in [0.15, 0.2) is 18.1 Å². The Morgan fingerprint density at radius 3 is 2.75 bits per heavy atom. The van der Waals surface area contributed by atoms with Crippen molar-refractivity contribution < 1.29 is 23.8 Å². The molecular weight excluding hydrogens is 358 g/mol. The van der Waals surface area contributed by atoms with Crippen LogP contribution in [0.25, 0.3) is 6.08 Å². The lowest BCUT2D eigenvalue weighted by atomic mass is 10.1. The molecule has 0 radical (unpaired) electrons. The Balaban J connectivity index is 1.49. The lowest BCUT2D eigenvalue weighted by Crippen LogP contribution is -2.20. The highest BCUT2D eigenvalue weighted by Gasteiger charge is 2.10. The third-order valence-electron chi connectivity index (χ3n) is 4.15. The third kappa shape index (κ3) is 5.61. The van der Waals surface area contributed by atoms with Crippen molar-refractivity contribution in [3.63, 3.8) is 0 Å². The minimum atomic E-state index is -0.593. The zero-order valence-corrected chi connectivity index (χ0v) is 15.8.